The van der Waals surface area contributed by atoms with Gasteiger partial charge >= 0.3 is 0 Å². The summed E-state index contributed by atoms with van der Waals surface area (Å²) in [6, 6.07) is 0. The predicted molar refractivity (Wildman–Crippen MR) is 70.9 cm³/mol. The van der Waals surface area contributed by atoms with Crippen LogP contribution in [0.25, 0.3) is 16.0 Å². The topological polar surface area (TPSA) is 80.1 Å². The molecule has 0 aromatic carbocycles. The summed E-state index contributed by atoms with van der Waals surface area (Å²) in [6.07, 6.45) is 6.40. The monoisotopic (exact) mass is 277 g/mol. The van der Waals surface area contributed by atoms with Crippen molar-refractivity contribution >= 4 is 16.9 Å². The maximum atomic E-state index is 8.30. The molecule has 1 atom stereocenters. The van der Waals surface area contributed by atoms with Crippen LogP contribution in [0, 0.1) is 6.61 Å². The number of rotatable bonds is 3. The van der Waals surface area contributed by atoms with Gasteiger partial charge in [-0.2, -0.15) is 4.74 Å². The van der Waals surface area contributed by atoms with Crippen LogP contribution in [-0.2, 0) is 16.0 Å². The Hall–Kier alpha value is -1.53. The van der Waals surface area contributed by atoms with Crippen LogP contribution in [0.15, 0.2) is 17.4 Å². The Bertz CT molecular complexity index is 542. The van der Waals surface area contributed by atoms with Crippen molar-refractivity contribution in [3.63, 3.8) is 0 Å². The highest BCUT2D eigenvalue weighted by Gasteiger charge is 2.44. The van der Waals surface area contributed by atoms with Gasteiger partial charge in [0.1, 0.15) is 5.01 Å². The van der Waals surface area contributed by atoms with Gasteiger partial charge < -0.3 is 0 Å². The second kappa shape index (κ2) is 5.22. The Morgan fingerprint density at radius 3 is 3.26 bits per heavy atom. The summed E-state index contributed by atoms with van der Waals surface area (Å²) in [7, 11) is 0. The molecule has 1 unspecified atom stereocenters. The lowest BCUT2D eigenvalue weighted by Gasteiger charge is -2.25. The van der Waals surface area contributed by atoms with E-state index >= 15 is 0 Å². The Labute approximate surface area is 114 Å². The fourth-order valence-electron chi connectivity index (χ4n) is 2.28. The lowest BCUT2D eigenvalue weighted by Crippen LogP contribution is -2.31. The summed E-state index contributed by atoms with van der Waals surface area (Å²) >= 11 is 1.58. The van der Waals surface area contributed by atoms with Crippen LogP contribution < -0.4 is 0 Å². The molecule has 1 aromatic heterocycles. The van der Waals surface area contributed by atoms with Crippen LogP contribution in [0.3, 0.4) is 0 Å². The van der Waals surface area contributed by atoms with Crippen molar-refractivity contribution in [3.05, 3.63) is 39.2 Å². The van der Waals surface area contributed by atoms with Gasteiger partial charge in [0.15, 0.2) is 0 Å². The molecular formula is C12H13N4O2S+. The van der Waals surface area contributed by atoms with E-state index in [4.69, 9.17) is 15.0 Å². The fraction of sp³-hybridized carbons (Fsp3) is 0.500. The number of thiazole rings is 1. The van der Waals surface area contributed by atoms with Crippen molar-refractivity contribution in [1.82, 2.24) is 4.98 Å². The van der Waals surface area contributed by atoms with Gasteiger partial charge in [0.2, 0.25) is 12.4 Å². The third-order valence-electron chi connectivity index (χ3n) is 3.27. The molecule has 98 valence electrons. The van der Waals surface area contributed by atoms with Crippen LogP contribution in [-0.4, -0.2) is 17.4 Å². The van der Waals surface area contributed by atoms with E-state index in [1.807, 2.05) is 0 Å². The molecule has 1 aromatic rings. The summed E-state index contributed by atoms with van der Waals surface area (Å²) in [5.74, 6) is -0.436. The number of aromatic nitrogens is 1. The molecule has 1 aliphatic heterocycles. The highest BCUT2D eigenvalue weighted by atomic mass is 32.1. The van der Waals surface area contributed by atoms with Gasteiger partial charge in [0.25, 0.3) is 6.61 Å². The number of ether oxygens (including phenoxy) is 2. The lowest BCUT2D eigenvalue weighted by atomic mass is 9.94. The standard InChI is InChI=1S/C12H13N4O2S/c13-16-15-8-10-7-14-11(19-10)9-1-3-12(4-2-9)17-5-6-18-12/h1,5,7H,2-4,6,8H2/q+1. The molecule has 1 saturated heterocycles. The third kappa shape index (κ3) is 2.59. The number of nitrogens with zero attached hydrogens (tertiary/aromatic N) is 4. The van der Waals surface area contributed by atoms with Crippen LogP contribution in [0.1, 0.15) is 29.1 Å². The van der Waals surface area contributed by atoms with Gasteiger partial charge in [-0.15, -0.1) is 11.3 Å². The van der Waals surface area contributed by atoms with E-state index in [-0.39, 0.29) is 0 Å². The first-order chi connectivity index (χ1) is 9.31. The molecule has 0 radical (unpaired) electrons. The van der Waals surface area contributed by atoms with Crippen molar-refractivity contribution < 1.29 is 9.47 Å². The van der Waals surface area contributed by atoms with Crippen molar-refractivity contribution in [3.8, 4) is 0 Å². The lowest BCUT2D eigenvalue weighted by molar-refractivity contribution is -0.152. The van der Waals surface area contributed by atoms with E-state index in [1.165, 1.54) is 5.57 Å². The minimum atomic E-state index is -0.436. The summed E-state index contributed by atoms with van der Waals surface area (Å²) in [6.45, 7) is 2.66. The highest BCUT2D eigenvalue weighted by Crippen LogP contribution is 2.39. The van der Waals surface area contributed by atoms with E-state index in [1.54, 1.807) is 24.1 Å². The van der Waals surface area contributed by atoms with Crippen LogP contribution in [0.5, 0.6) is 0 Å². The van der Waals surface area contributed by atoms with Crippen LogP contribution in [0.2, 0.25) is 0 Å². The molecule has 19 heavy (non-hydrogen) atoms. The van der Waals surface area contributed by atoms with Crippen molar-refractivity contribution in [2.24, 2.45) is 5.11 Å². The van der Waals surface area contributed by atoms with Gasteiger partial charge in [-0.25, -0.2) is 4.98 Å². The summed E-state index contributed by atoms with van der Waals surface area (Å²) in [5.41, 5.74) is 9.53. The van der Waals surface area contributed by atoms with Crippen LogP contribution in [0.4, 0.5) is 0 Å². The Balaban J connectivity index is 1.71. The molecular weight excluding hydrogens is 264 g/mol. The van der Waals surface area contributed by atoms with Gasteiger partial charge in [-0.3, -0.25) is 4.74 Å². The number of allylic oxidation sites excluding steroid dienone is 1. The zero-order chi connectivity index (χ0) is 13.1. The molecule has 1 fully saturated rings. The zero-order valence-electron chi connectivity index (χ0n) is 10.3. The quantitative estimate of drug-likeness (QED) is 0.367. The van der Waals surface area contributed by atoms with Crippen molar-refractivity contribution in [1.29, 1.82) is 0 Å². The number of hydrogen-bond donors (Lipinski definition) is 0. The first-order valence-electron chi connectivity index (χ1n) is 6.10. The van der Waals surface area contributed by atoms with Crippen LogP contribution >= 0.6 is 11.3 Å². The first kappa shape index (κ1) is 12.5. The maximum absolute atomic E-state index is 8.30. The second-order valence-electron chi connectivity index (χ2n) is 4.46. The van der Waals surface area contributed by atoms with Crippen molar-refractivity contribution in [2.45, 2.75) is 31.6 Å². The summed E-state index contributed by atoms with van der Waals surface area (Å²) in [4.78, 5) is 8.12. The van der Waals surface area contributed by atoms with Gasteiger partial charge in [-0.1, -0.05) is 11.2 Å². The molecule has 0 amide bonds. The molecule has 7 heteroatoms. The fourth-order valence-corrected chi connectivity index (χ4v) is 3.17. The van der Waals surface area contributed by atoms with E-state index < -0.39 is 5.79 Å². The average Bonchev–Trinajstić information content (AvgIpc) is 3.08. The number of hydrogen-bond acceptors (Lipinski definition) is 5. The minimum absolute atomic E-state index is 0.368. The number of azide groups is 1. The molecule has 3 rings (SSSR count). The normalized spacial score (nSPS) is 25.8. The molecule has 0 N–H and O–H groups in total. The smallest absolute Gasteiger partial charge is 0.259 e. The molecule has 2 aliphatic rings. The SMILES string of the molecule is [N-]=[N+]=NCc1cnc(C2=CCC3(CC2)O[CH+]CO3)s1. The van der Waals surface area contributed by atoms with Gasteiger partial charge in [0, 0.05) is 28.8 Å². The molecule has 0 bridgehead atoms. The molecule has 0 saturated carbocycles. The van der Waals surface area contributed by atoms with Crippen molar-refractivity contribution in [2.75, 3.05) is 6.61 Å². The highest BCUT2D eigenvalue weighted by molar-refractivity contribution is 7.12. The van der Waals surface area contributed by atoms with E-state index in [2.05, 4.69) is 21.1 Å². The Morgan fingerprint density at radius 2 is 2.58 bits per heavy atom. The molecule has 1 aliphatic carbocycles. The first-order valence-corrected chi connectivity index (χ1v) is 6.91. The summed E-state index contributed by atoms with van der Waals surface area (Å²) < 4.78 is 11.2. The zero-order valence-corrected chi connectivity index (χ0v) is 11.1. The average molecular weight is 277 g/mol. The van der Waals surface area contributed by atoms with E-state index in [0.29, 0.717) is 13.2 Å². The second-order valence-corrected chi connectivity index (χ2v) is 5.58. The largest absolute Gasteiger partial charge is 0.300 e. The molecule has 1 spiro atoms. The predicted octanol–water partition coefficient (Wildman–Crippen LogP) is 3.43. The third-order valence-corrected chi connectivity index (χ3v) is 4.32. The summed E-state index contributed by atoms with van der Waals surface area (Å²) in [5, 5.41) is 4.55. The minimum Gasteiger partial charge on any atom is -0.300 e. The van der Waals surface area contributed by atoms with E-state index in [0.717, 1.165) is 29.1 Å². The van der Waals surface area contributed by atoms with Gasteiger partial charge in [0.05, 0.1) is 6.54 Å². The maximum Gasteiger partial charge on any atom is 0.259 e. The van der Waals surface area contributed by atoms with E-state index in [9.17, 15) is 0 Å². The molecule has 2 heterocycles. The van der Waals surface area contributed by atoms with Gasteiger partial charge in [-0.05, 0) is 17.5 Å². The molecule has 6 nitrogen and oxygen atoms in total. The Morgan fingerprint density at radius 1 is 1.63 bits per heavy atom. The Kier molecular flexibility index (Phi) is 3.44.